The zero-order valence-electron chi connectivity index (χ0n) is 9.40. The van der Waals surface area contributed by atoms with E-state index in [9.17, 15) is 0 Å². The Morgan fingerprint density at radius 2 is 2.24 bits per heavy atom. The van der Waals surface area contributed by atoms with Crippen LogP contribution < -0.4 is 9.47 Å². The topological polar surface area (TPSA) is 51.5 Å². The van der Waals surface area contributed by atoms with Crippen molar-refractivity contribution < 1.29 is 14.2 Å². The van der Waals surface area contributed by atoms with Crippen LogP contribution in [-0.4, -0.2) is 19.8 Å². The van der Waals surface area contributed by atoms with Crippen LogP contribution in [0.3, 0.4) is 0 Å². The third kappa shape index (κ3) is 2.54. The second kappa shape index (κ2) is 5.39. The van der Waals surface area contributed by atoms with Gasteiger partial charge in [-0.15, -0.1) is 0 Å². The Kier molecular flexibility index (Phi) is 3.87. The van der Waals surface area contributed by atoms with E-state index in [-0.39, 0.29) is 0 Å². The molecule has 0 saturated carbocycles. The molecule has 1 aliphatic rings. The van der Waals surface area contributed by atoms with E-state index in [2.05, 4.69) is 22.0 Å². The lowest BCUT2D eigenvalue weighted by atomic mass is 10.1. The molecule has 2 rings (SSSR count). The van der Waals surface area contributed by atoms with E-state index in [1.54, 1.807) is 6.07 Å². The molecule has 0 bridgehead atoms. The number of hydrogen-bond acceptors (Lipinski definition) is 4. The van der Waals surface area contributed by atoms with Crippen LogP contribution in [0.25, 0.3) is 0 Å². The molecule has 0 aromatic heterocycles. The lowest BCUT2D eigenvalue weighted by Gasteiger charge is -2.21. The molecule has 17 heavy (non-hydrogen) atoms. The van der Waals surface area contributed by atoms with Crippen LogP contribution in [0.15, 0.2) is 16.6 Å². The molecule has 0 fully saturated rings. The first kappa shape index (κ1) is 12.2. The lowest BCUT2D eigenvalue weighted by Crippen LogP contribution is -2.16. The van der Waals surface area contributed by atoms with Crippen molar-refractivity contribution in [1.82, 2.24) is 0 Å². The predicted octanol–water partition coefficient (Wildman–Crippen LogP) is 2.82. The molecule has 1 aromatic rings. The number of ether oxygens (including phenoxy) is 3. The van der Waals surface area contributed by atoms with Gasteiger partial charge in [0.2, 0.25) is 0 Å². The fraction of sp³-hybridized carbons (Fsp3) is 0.417. The molecule has 0 saturated heterocycles. The molecule has 0 aliphatic carbocycles. The van der Waals surface area contributed by atoms with Crippen molar-refractivity contribution in [3.63, 3.8) is 0 Å². The van der Waals surface area contributed by atoms with Crippen molar-refractivity contribution in [3.8, 4) is 17.6 Å². The Labute approximate surface area is 108 Å². The van der Waals surface area contributed by atoms with E-state index >= 15 is 0 Å². The van der Waals surface area contributed by atoms with Crippen LogP contribution in [0.5, 0.6) is 11.5 Å². The molecular formula is C12H12BrNO3. The highest BCUT2D eigenvalue weighted by Crippen LogP contribution is 2.40. The Bertz CT molecular complexity index is 456. The first-order valence-corrected chi connectivity index (χ1v) is 6.15. The minimum atomic E-state index is -0.577. The average molecular weight is 298 g/mol. The molecule has 0 N–H and O–H groups in total. The zero-order valence-corrected chi connectivity index (χ0v) is 11.0. The zero-order chi connectivity index (χ0) is 12.3. The van der Waals surface area contributed by atoms with Crippen LogP contribution in [-0.2, 0) is 4.74 Å². The van der Waals surface area contributed by atoms with E-state index in [1.807, 2.05) is 13.0 Å². The maximum absolute atomic E-state index is 9.04. The largest absolute Gasteiger partial charge is 0.486 e. The van der Waals surface area contributed by atoms with Gasteiger partial charge >= 0.3 is 0 Å². The van der Waals surface area contributed by atoms with Crippen molar-refractivity contribution in [2.45, 2.75) is 13.0 Å². The number of nitrogens with zero attached hydrogens (tertiary/aromatic N) is 1. The Balaban J connectivity index is 2.36. The van der Waals surface area contributed by atoms with Crippen LogP contribution in [0.2, 0.25) is 0 Å². The van der Waals surface area contributed by atoms with Crippen molar-refractivity contribution in [1.29, 1.82) is 5.26 Å². The van der Waals surface area contributed by atoms with Gasteiger partial charge in [0.15, 0.2) is 17.6 Å². The highest BCUT2D eigenvalue weighted by molar-refractivity contribution is 9.10. The molecule has 0 spiro atoms. The summed E-state index contributed by atoms with van der Waals surface area (Å²) < 4.78 is 17.1. The summed E-state index contributed by atoms with van der Waals surface area (Å²) in [6.07, 6.45) is -0.577. The summed E-state index contributed by atoms with van der Waals surface area (Å²) >= 11 is 3.41. The van der Waals surface area contributed by atoms with Crippen molar-refractivity contribution in [2.75, 3.05) is 19.8 Å². The van der Waals surface area contributed by atoms with Gasteiger partial charge in [0.1, 0.15) is 13.2 Å². The third-order valence-electron chi connectivity index (χ3n) is 2.37. The molecule has 1 atom stereocenters. The van der Waals surface area contributed by atoms with E-state index in [0.717, 1.165) is 10.0 Å². The van der Waals surface area contributed by atoms with Gasteiger partial charge in [0, 0.05) is 12.2 Å². The standard InChI is InChI=1S/C12H12BrNO3/c1-2-15-11(7-14)8-5-9(13)12-10(6-8)16-3-4-17-12/h5-6,11H,2-4H2,1H3. The van der Waals surface area contributed by atoms with E-state index in [1.165, 1.54) is 0 Å². The highest BCUT2D eigenvalue weighted by Gasteiger charge is 2.20. The molecule has 1 unspecified atom stereocenters. The molecule has 90 valence electrons. The summed E-state index contributed by atoms with van der Waals surface area (Å²) in [5.74, 6) is 1.34. The summed E-state index contributed by atoms with van der Waals surface area (Å²) in [7, 11) is 0. The average Bonchev–Trinajstić information content (AvgIpc) is 2.36. The summed E-state index contributed by atoms with van der Waals surface area (Å²) in [4.78, 5) is 0. The minimum absolute atomic E-state index is 0.490. The fourth-order valence-corrected chi connectivity index (χ4v) is 2.23. The van der Waals surface area contributed by atoms with Crippen LogP contribution >= 0.6 is 15.9 Å². The van der Waals surface area contributed by atoms with E-state index in [0.29, 0.717) is 31.3 Å². The second-order valence-electron chi connectivity index (χ2n) is 3.49. The van der Waals surface area contributed by atoms with Gasteiger partial charge in [-0.25, -0.2) is 0 Å². The minimum Gasteiger partial charge on any atom is -0.486 e. The van der Waals surface area contributed by atoms with Gasteiger partial charge < -0.3 is 14.2 Å². The van der Waals surface area contributed by atoms with Gasteiger partial charge in [-0.1, -0.05) is 0 Å². The number of nitriles is 1. The van der Waals surface area contributed by atoms with Gasteiger partial charge in [-0.2, -0.15) is 5.26 Å². The summed E-state index contributed by atoms with van der Waals surface area (Å²) in [5, 5.41) is 9.04. The maximum atomic E-state index is 9.04. The second-order valence-corrected chi connectivity index (χ2v) is 4.35. The maximum Gasteiger partial charge on any atom is 0.175 e. The van der Waals surface area contributed by atoms with Gasteiger partial charge in [0.25, 0.3) is 0 Å². The van der Waals surface area contributed by atoms with Crippen molar-refractivity contribution in [3.05, 3.63) is 22.2 Å². The summed E-state index contributed by atoms with van der Waals surface area (Å²) in [6, 6.07) is 5.74. The number of rotatable bonds is 3. The molecule has 0 amide bonds. The van der Waals surface area contributed by atoms with Crippen LogP contribution in [0.1, 0.15) is 18.6 Å². The van der Waals surface area contributed by atoms with Crippen LogP contribution in [0, 0.1) is 11.3 Å². The Morgan fingerprint density at radius 3 is 2.94 bits per heavy atom. The van der Waals surface area contributed by atoms with Crippen molar-refractivity contribution >= 4 is 15.9 Å². The summed E-state index contributed by atoms with van der Waals surface area (Å²) in [5.41, 5.74) is 0.769. The molecule has 0 radical (unpaired) electrons. The Morgan fingerprint density at radius 1 is 1.47 bits per heavy atom. The third-order valence-corrected chi connectivity index (χ3v) is 2.96. The molecule has 1 heterocycles. The number of hydrogen-bond donors (Lipinski definition) is 0. The van der Waals surface area contributed by atoms with Gasteiger partial charge in [-0.05, 0) is 35.0 Å². The molecule has 4 nitrogen and oxygen atoms in total. The van der Waals surface area contributed by atoms with E-state index < -0.39 is 6.10 Å². The number of halogens is 1. The normalized spacial score (nSPS) is 15.1. The van der Waals surface area contributed by atoms with Crippen LogP contribution in [0.4, 0.5) is 0 Å². The van der Waals surface area contributed by atoms with Gasteiger partial charge in [0.05, 0.1) is 10.5 Å². The molecular weight excluding hydrogens is 286 g/mol. The first-order chi connectivity index (χ1) is 8.26. The fourth-order valence-electron chi connectivity index (χ4n) is 1.66. The highest BCUT2D eigenvalue weighted by atomic mass is 79.9. The SMILES string of the molecule is CCOC(C#N)c1cc(Br)c2c(c1)OCCO2. The molecule has 1 aliphatic heterocycles. The molecule has 5 heteroatoms. The Hall–Kier alpha value is -1.25. The quantitative estimate of drug-likeness (QED) is 0.861. The summed E-state index contributed by atoms with van der Waals surface area (Å²) in [6.45, 7) is 3.41. The predicted molar refractivity (Wildman–Crippen MR) is 65.1 cm³/mol. The monoisotopic (exact) mass is 297 g/mol. The number of benzene rings is 1. The number of fused-ring (bicyclic) bond motifs is 1. The first-order valence-electron chi connectivity index (χ1n) is 5.36. The van der Waals surface area contributed by atoms with E-state index in [4.69, 9.17) is 19.5 Å². The smallest absolute Gasteiger partial charge is 0.175 e. The van der Waals surface area contributed by atoms with Crippen molar-refractivity contribution in [2.24, 2.45) is 0 Å². The lowest BCUT2D eigenvalue weighted by molar-refractivity contribution is 0.101. The van der Waals surface area contributed by atoms with Gasteiger partial charge in [-0.3, -0.25) is 0 Å². The molecule has 1 aromatic carbocycles.